The molecule has 0 atom stereocenters. The number of hydrogen-bond acceptors (Lipinski definition) is 3. The molecule has 4 heteroatoms. The number of hydrogen-bond donors (Lipinski definition) is 0. The number of ether oxygens (including phenoxy) is 1. The lowest BCUT2D eigenvalue weighted by Crippen LogP contribution is -2.00. The molecule has 0 aliphatic rings. The van der Waals surface area contributed by atoms with E-state index < -0.39 is 0 Å². The van der Waals surface area contributed by atoms with E-state index in [1.165, 1.54) is 23.5 Å². The summed E-state index contributed by atoms with van der Waals surface area (Å²) >= 11 is 1.53. The van der Waals surface area contributed by atoms with Gasteiger partial charge >= 0.3 is 0 Å². The van der Waals surface area contributed by atoms with E-state index in [2.05, 4.69) is 18.8 Å². The smallest absolute Gasteiger partial charge is 0.140 e. The van der Waals surface area contributed by atoms with E-state index in [4.69, 9.17) is 4.74 Å². The Morgan fingerprint density at radius 2 is 2.24 bits per heavy atom. The first-order valence-electron chi connectivity index (χ1n) is 5.47. The minimum absolute atomic E-state index is 0.275. The molecule has 0 saturated heterocycles. The highest BCUT2D eigenvalue weighted by atomic mass is 32.1. The van der Waals surface area contributed by atoms with E-state index >= 15 is 0 Å². The fourth-order valence-corrected chi connectivity index (χ4v) is 2.10. The van der Waals surface area contributed by atoms with Gasteiger partial charge in [-0.05, 0) is 17.5 Å². The summed E-state index contributed by atoms with van der Waals surface area (Å²) in [7, 11) is 0. The molecule has 2 nitrogen and oxygen atoms in total. The molecule has 0 aliphatic carbocycles. The van der Waals surface area contributed by atoms with Crippen LogP contribution in [0.25, 0.3) is 0 Å². The van der Waals surface area contributed by atoms with Crippen molar-refractivity contribution in [2.24, 2.45) is 0 Å². The molecule has 1 heterocycles. The fourth-order valence-electron chi connectivity index (χ4n) is 1.57. The van der Waals surface area contributed by atoms with Crippen LogP contribution >= 0.6 is 11.3 Å². The van der Waals surface area contributed by atoms with Crippen molar-refractivity contribution in [3.8, 4) is 5.75 Å². The van der Waals surface area contributed by atoms with Crippen LogP contribution < -0.4 is 4.74 Å². The first kappa shape index (κ1) is 12.0. The Morgan fingerprint density at radius 3 is 2.88 bits per heavy atom. The highest BCUT2D eigenvalue weighted by Crippen LogP contribution is 2.28. The fraction of sp³-hybridized carbons (Fsp3) is 0.308. The maximum Gasteiger partial charge on any atom is 0.140 e. The zero-order valence-electron chi connectivity index (χ0n) is 9.81. The van der Waals surface area contributed by atoms with Crippen LogP contribution in [0, 0.1) is 5.82 Å². The van der Waals surface area contributed by atoms with Gasteiger partial charge in [-0.1, -0.05) is 19.9 Å². The molecule has 0 aliphatic heterocycles. The van der Waals surface area contributed by atoms with Gasteiger partial charge < -0.3 is 4.74 Å². The minimum Gasteiger partial charge on any atom is -0.486 e. The topological polar surface area (TPSA) is 22.1 Å². The molecular weight excluding hydrogens is 237 g/mol. The molecule has 0 amide bonds. The number of halogens is 1. The number of nitrogens with zero attached hydrogens (tertiary/aromatic N) is 1. The molecule has 0 fully saturated rings. The molecule has 1 aromatic heterocycles. The first-order chi connectivity index (χ1) is 8.16. The van der Waals surface area contributed by atoms with Crippen LogP contribution in [-0.2, 0) is 6.61 Å². The Balaban J connectivity index is 2.16. The quantitative estimate of drug-likeness (QED) is 0.819. The summed E-state index contributed by atoms with van der Waals surface area (Å²) in [6.07, 6.45) is 1.73. The predicted octanol–water partition coefficient (Wildman–Crippen LogP) is 3.98. The third-order valence-corrected chi connectivity index (χ3v) is 3.19. The predicted molar refractivity (Wildman–Crippen MR) is 66.9 cm³/mol. The van der Waals surface area contributed by atoms with Crippen LogP contribution in [0.2, 0.25) is 0 Å². The van der Waals surface area contributed by atoms with Crippen molar-refractivity contribution in [1.29, 1.82) is 0 Å². The zero-order chi connectivity index (χ0) is 12.3. The molecular formula is C13H14FNOS. The minimum atomic E-state index is -0.275. The highest BCUT2D eigenvalue weighted by Gasteiger charge is 2.09. The summed E-state index contributed by atoms with van der Waals surface area (Å²) in [5.41, 5.74) is 1.02. The lowest BCUT2D eigenvalue weighted by Gasteiger charge is -2.13. The van der Waals surface area contributed by atoms with Gasteiger partial charge in [-0.15, -0.1) is 11.3 Å². The molecule has 0 spiro atoms. The van der Waals surface area contributed by atoms with Gasteiger partial charge in [0, 0.05) is 17.6 Å². The Labute approximate surface area is 104 Å². The second-order valence-corrected chi connectivity index (χ2v) is 5.03. The molecule has 0 bridgehead atoms. The van der Waals surface area contributed by atoms with E-state index in [-0.39, 0.29) is 5.82 Å². The summed E-state index contributed by atoms with van der Waals surface area (Å²) in [6, 6.07) is 4.67. The summed E-state index contributed by atoms with van der Waals surface area (Å²) in [5, 5.41) is 2.79. The van der Waals surface area contributed by atoms with Crippen molar-refractivity contribution in [3.63, 3.8) is 0 Å². The molecule has 0 N–H and O–H groups in total. The third-order valence-electron chi connectivity index (χ3n) is 2.43. The van der Waals surface area contributed by atoms with Crippen molar-refractivity contribution < 1.29 is 9.13 Å². The average Bonchev–Trinajstić information content (AvgIpc) is 2.78. The van der Waals surface area contributed by atoms with Crippen LogP contribution in [0.1, 0.15) is 30.3 Å². The van der Waals surface area contributed by atoms with Crippen LogP contribution in [0.15, 0.2) is 29.8 Å². The Bertz CT molecular complexity index is 482. The van der Waals surface area contributed by atoms with Crippen molar-refractivity contribution >= 4 is 11.3 Å². The van der Waals surface area contributed by atoms with Gasteiger partial charge in [-0.2, -0.15) is 0 Å². The maximum atomic E-state index is 13.2. The number of rotatable bonds is 4. The van der Waals surface area contributed by atoms with E-state index in [9.17, 15) is 4.39 Å². The van der Waals surface area contributed by atoms with Gasteiger partial charge in [0.05, 0.1) is 0 Å². The lowest BCUT2D eigenvalue weighted by atomic mass is 10.0. The van der Waals surface area contributed by atoms with Crippen LogP contribution in [0.5, 0.6) is 5.75 Å². The second kappa shape index (κ2) is 5.27. The van der Waals surface area contributed by atoms with Gasteiger partial charge in [0.25, 0.3) is 0 Å². The van der Waals surface area contributed by atoms with E-state index in [1.54, 1.807) is 12.3 Å². The molecule has 0 unspecified atom stereocenters. The summed E-state index contributed by atoms with van der Waals surface area (Å²) < 4.78 is 18.8. The van der Waals surface area contributed by atoms with Crippen molar-refractivity contribution in [2.75, 3.05) is 0 Å². The normalized spacial score (nSPS) is 10.8. The maximum absolute atomic E-state index is 13.2. The lowest BCUT2D eigenvalue weighted by molar-refractivity contribution is 0.299. The molecule has 2 aromatic rings. The molecule has 2 rings (SSSR count). The number of benzene rings is 1. The van der Waals surface area contributed by atoms with Gasteiger partial charge in [0.15, 0.2) is 0 Å². The van der Waals surface area contributed by atoms with Crippen molar-refractivity contribution in [3.05, 3.63) is 46.2 Å². The largest absolute Gasteiger partial charge is 0.486 e. The first-order valence-corrected chi connectivity index (χ1v) is 6.35. The summed E-state index contributed by atoms with van der Waals surface area (Å²) in [4.78, 5) is 4.13. The van der Waals surface area contributed by atoms with Crippen molar-refractivity contribution in [2.45, 2.75) is 26.4 Å². The summed E-state index contributed by atoms with van der Waals surface area (Å²) in [6.45, 7) is 4.51. The Morgan fingerprint density at radius 1 is 1.41 bits per heavy atom. The van der Waals surface area contributed by atoms with Crippen molar-refractivity contribution in [1.82, 2.24) is 4.98 Å². The van der Waals surface area contributed by atoms with Gasteiger partial charge in [0.1, 0.15) is 23.2 Å². The Kier molecular flexibility index (Phi) is 3.74. The van der Waals surface area contributed by atoms with E-state index in [0.29, 0.717) is 18.3 Å². The van der Waals surface area contributed by atoms with Gasteiger partial charge in [-0.25, -0.2) is 9.37 Å². The highest BCUT2D eigenvalue weighted by molar-refractivity contribution is 7.09. The zero-order valence-corrected chi connectivity index (χ0v) is 10.6. The molecule has 90 valence electrons. The molecule has 1 aromatic carbocycles. The van der Waals surface area contributed by atoms with Crippen LogP contribution in [0.4, 0.5) is 4.39 Å². The monoisotopic (exact) mass is 251 g/mol. The Hall–Kier alpha value is -1.42. The number of aromatic nitrogens is 1. The summed E-state index contributed by atoms with van der Waals surface area (Å²) in [5.74, 6) is 0.639. The van der Waals surface area contributed by atoms with E-state index in [1.807, 2.05) is 5.38 Å². The average molecular weight is 251 g/mol. The van der Waals surface area contributed by atoms with Gasteiger partial charge in [0.2, 0.25) is 0 Å². The van der Waals surface area contributed by atoms with Crippen LogP contribution in [0.3, 0.4) is 0 Å². The molecule has 17 heavy (non-hydrogen) atoms. The number of thiazole rings is 1. The standard InChI is InChI=1S/C13H14FNOS/c1-9(2)11-4-3-10(14)7-12(11)16-8-13-15-5-6-17-13/h3-7,9H,8H2,1-2H3. The second-order valence-electron chi connectivity index (χ2n) is 4.05. The van der Waals surface area contributed by atoms with Crippen LogP contribution in [-0.4, -0.2) is 4.98 Å². The molecule has 0 radical (unpaired) electrons. The molecule has 0 saturated carbocycles. The third kappa shape index (κ3) is 3.03. The van der Waals surface area contributed by atoms with Gasteiger partial charge in [-0.3, -0.25) is 0 Å². The van der Waals surface area contributed by atoms with E-state index in [0.717, 1.165) is 10.6 Å². The SMILES string of the molecule is CC(C)c1ccc(F)cc1OCc1nccs1.